The summed E-state index contributed by atoms with van der Waals surface area (Å²) in [6.07, 6.45) is 0.720. The van der Waals surface area contributed by atoms with E-state index in [0.717, 1.165) is 17.5 Å². The van der Waals surface area contributed by atoms with Crippen LogP contribution in [0.1, 0.15) is 35.3 Å². The molecule has 7 heteroatoms. The van der Waals surface area contributed by atoms with E-state index in [0.29, 0.717) is 38.9 Å². The number of nitrogens with one attached hydrogen (secondary N) is 1. The van der Waals surface area contributed by atoms with Crippen molar-refractivity contribution >= 4 is 40.2 Å². The highest BCUT2D eigenvalue weighted by Crippen LogP contribution is 2.24. The minimum atomic E-state index is -0.178. The zero-order valence-corrected chi connectivity index (χ0v) is 20.7. The summed E-state index contributed by atoms with van der Waals surface area (Å²) in [6.45, 7) is 4.34. The minimum Gasteiger partial charge on any atom is -0.350 e. The molecule has 0 unspecified atom stereocenters. The number of amides is 1. The van der Waals surface area contributed by atoms with Gasteiger partial charge in [-0.2, -0.15) is 0 Å². The molecule has 1 amide bonds. The van der Waals surface area contributed by atoms with E-state index in [-0.39, 0.29) is 17.5 Å². The summed E-state index contributed by atoms with van der Waals surface area (Å²) in [5, 5.41) is 4.71. The molecule has 1 N–H and O–H groups in total. The summed E-state index contributed by atoms with van der Waals surface area (Å²) in [4.78, 5) is 30.8. The zero-order valence-electron chi connectivity index (χ0n) is 19.1. The molecule has 1 heterocycles. The lowest BCUT2D eigenvalue weighted by atomic mass is 10.1. The Bertz CT molecular complexity index is 1350. The van der Waals surface area contributed by atoms with Crippen LogP contribution in [0.15, 0.2) is 82.7 Å². The molecule has 0 saturated heterocycles. The van der Waals surface area contributed by atoms with E-state index in [1.165, 1.54) is 11.8 Å². The summed E-state index contributed by atoms with van der Waals surface area (Å²) >= 11 is 7.52. The van der Waals surface area contributed by atoms with Crippen LogP contribution in [-0.4, -0.2) is 21.5 Å². The molecule has 4 rings (SSSR count). The lowest BCUT2D eigenvalue weighted by molar-refractivity contribution is 0.0943. The van der Waals surface area contributed by atoms with Gasteiger partial charge in [-0.1, -0.05) is 65.8 Å². The number of carbonyl (C=O) groups excluding carboxylic acids is 1. The second kappa shape index (κ2) is 10.9. The normalized spacial score (nSPS) is 11.2. The monoisotopic (exact) mass is 491 g/mol. The first kappa shape index (κ1) is 24.0. The van der Waals surface area contributed by atoms with E-state index in [9.17, 15) is 9.59 Å². The van der Waals surface area contributed by atoms with Crippen molar-refractivity contribution in [1.29, 1.82) is 0 Å². The number of thioether (sulfide) groups is 1. The SMILES string of the molecule is CC(C)NC(=O)c1ccc2c(=O)n(CCc3ccccc3)c(SCc3ccc(Cl)cc3)nc2c1. The molecule has 1 aromatic heterocycles. The van der Waals surface area contributed by atoms with E-state index < -0.39 is 0 Å². The van der Waals surface area contributed by atoms with Gasteiger partial charge in [-0.15, -0.1) is 0 Å². The van der Waals surface area contributed by atoms with Gasteiger partial charge in [-0.05, 0) is 61.7 Å². The number of hydrogen-bond acceptors (Lipinski definition) is 4. The fraction of sp³-hybridized carbons (Fsp3) is 0.222. The Hall–Kier alpha value is -3.09. The molecular formula is C27H26ClN3O2S. The molecule has 0 spiro atoms. The van der Waals surface area contributed by atoms with E-state index in [2.05, 4.69) is 17.4 Å². The van der Waals surface area contributed by atoms with Gasteiger partial charge in [0, 0.05) is 28.9 Å². The van der Waals surface area contributed by atoms with Crippen molar-refractivity contribution in [1.82, 2.24) is 14.9 Å². The number of aryl methyl sites for hydroxylation is 1. The molecule has 0 aliphatic carbocycles. The van der Waals surface area contributed by atoms with Crippen LogP contribution in [-0.2, 0) is 18.7 Å². The predicted octanol–water partition coefficient (Wildman–Crippen LogP) is 5.72. The molecule has 0 fully saturated rings. The number of halogens is 1. The Kier molecular flexibility index (Phi) is 7.70. The van der Waals surface area contributed by atoms with Gasteiger partial charge < -0.3 is 5.32 Å². The van der Waals surface area contributed by atoms with Crippen LogP contribution in [0.4, 0.5) is 0 Å². The number of rotatable bonds is 8. The smallest absolute Gasteiger partial charge is 0.262 e. The predicted molar refractivity (Wildman–Crippen MR) is 140 cm³/mol. The highest BCUT2D eigenvalue weighted by molar-refractivity contribution is 7.98. The number of aromatic nitrogens is 2. The van der Waals surface area contributed by atoms with Gasteiger partial charge in [-0.25, -0.2) is 4.98 Å². The summed E-state index contributed by atoms with van der Waals surface area (Å²) in [5.41, 5.74) is 3.15. The first-order valence-corrected chi connectivity index (χ1v) is 12.5. The van der Waals surface area contributed by atoms with Gasteiger partial charge >= 0.3 is 0 Å². The van der Waals surface area contributed by atoms with Gasteiger partial charge in [-0.3, -0.25) is 14.2 Å². The molecular weight excluding hydrogens is 466 g/mol. The zero-order chi connectivity index (χ0) is 24.1. The summed E-state index contributed by atoms with van der Waals surface area (Å²) in [7, 11) is 0. The standard InChI is InChI=1S/C27H26ClN3O2S/c1-18(2)29-25(32)21-10-13-23-24(16-21)30-27(34-17-20-8-11-22(28)12-9-20)31(26(23)33)15-14-19-6-4-3-5-7-19/h3-13,16,18H,14-15,17H2,1-2H3,(H,29,32). The summed E-state index contributed by atoms with van der Waals surface area (Å²) < 4.78 is 1.74. The second-order valence-corrected chi connectivity index (χ2v) is 9.74. The largest absolute Gasteiger partial charge is 0.350 e. The Labute approximate surface area is 208 Å². The highest BCUT2D eigenvalue weighted by atomic mass is 35.5. The first-order valence-electron chi connectivity index (χ1n) is 11.2. The van der Waals surface area contributed by atoms with Crippen LogP contribution >= 0.6 is 23.4 Å². The van der Waals surface area contributed by atoms with Crippen LogP contribution in [0, 0.1) is 0 Å². The molecule has 0 aliphatic heterocycles. The molecule has 0 saturated carbocycles. The van der Waals surface area contributed by atoms with E-state index >= 15 is 0 Å². The Balaban J connectivity index is 1.70. The maximum atomic E-state index is 13.5. The second-order valence-electron chi connectivity index (χ2n) is 8.36. The molecule has 5 nitrogen and oxygen atoms in total. The lowest BCUT2D eigenvalue weighted by Crippen LogP contribution is -2.30. The fourth-order valence-electron chi connectivity index (χ4n) is 3.61. The third-order valence-corrected chi connectivity index (χ3v) is 6.65. The number of nitrogens with zero attached hydrogens (tertiary/aromatic N) is 2. The van der Waals surface area contributed by atoms with Crippen LogP contribution in [0.3, 0.4) is 0 Å². The summed E-state index contributed by atoms with van der Waals surface area (Å²) in [5.74, 6) is 0.468. The minimum absolute atomic E-state index is 0.0210. The topological polar surface area (TPSA) is 64.0 Å². The van der Waals surface area contributed by atoms with E-state index in [1.54, 1.807) is 22.8 Å². The van der Waals surface area contributed by atoms with Gasteiger partial charge in [0.05, 0.1) is 10.9 Å². The molecule has 0 radical (unpaired) electrons. The van der Waals surface area contributed by atoms with Crippen molar-refractivity contribution in [2.24, 2.45) is 0 Å². The Morgan fingerprint density at radius 3 is 2.47 bits per heavy atom. The lowest BCUT2D eigenvalue weighted by Gasteiger charge is -2.14. The van der Waals surface area contributed by atoms with Crippen molar-refractivity contribution in [3.05, 3.63) is 105 Å². The Morgan fingerprint density at radius 1 is 1.03 bits per heavy atom. The van der Waals surface area contributed by atoms with Gasteiger partial charge in [0.25, 0.3) is 11.5 Å². The van der Waals surface area contributed by atoms with Gasteiger partial charge in [0.1, 0.15) is 0 Å². The quantitative estimate of drug-likeness (QED) is 0.253. The van der Waals surface area contributed by atoms with Gasteiger partial charge in [0.15, 0.2) is 5.16 Å². The van der Waals surface area contributed by atoms with Crippen molar-refractivity contribution in [2.45, 2.75) is 43.8 Å². The summed E-state index contributed by atoms with van der Waals surface area (Å²) in [6, 6.07) is 22.8. The molecule has 3 aromatic carbocycles. The van der Waals surface area contributed by atoms with E-state index in [1.807, 2.05) is 56.3 Å². The molecule has 34 heavy (non-hydrogen) atoms. The molecule has 0 atom stereocenters. The first-order chi connectivity index (χ1) is 16.4. The van der Waals surface area contributed by atoms with Crippen LogP contribution in [0.2, 0.25) is 5.02 Å². The number of benzene rings is 3. The molecule has 0 bridgehead atoms. The van der Waals surface area contributed by atoms with Crippen LogP contribution in [0.25, 0.3) is 10.9 Å². The maximum Gasteiger partial charge on any atom is 0.262 e. The average molecular weight is 492 g/mol. The van der Waals surface area contributed by atoms with E-state index in [4.69, 9.17) is 16.6 Å². The van der Waals surface area contributed by atoms with Crippen LogP contribution in [0.5, 0.6) is 0 Å². The number of carbonyl (C=O) groups is 1. The molecule has 174 valence electrons. The number of fused-ring (bicyclic) bond motifs is 1. The van der Waals surface area contributed by atoms with Crippen molar-refractivity contribution in [3.63, 3.8) is 0 Å². The van der Waals surface area contributed by atoms with Crippen molar-refractivity contribution in [3.8, 4) is 0 Å². The van der Waals surface area contributed by atoms with Crippen LogP contribution < -0.4 is 10.9 Å². The molecule has 4 aromatic rings. The Morgan fingerprint density at radius 2 is 1.76 bits per heavy atom. The average Bonchev–Trinajstić information content (AvgIpc) is 2.83. The third kappa shape index (κ3) is 5.88. The van der Waals surface area contributed by atoms with Gasteiger partial charge in [0.2, 0.25) is 0 Å². The van der Waals surface area contributed by atoms with Crippen molar-refractivity contribution < 1.29 is 4.79 Å². The third-order valence-electron chi connectivity index (χ3n) is 5.35. The number of hydrogen-bond donors (Lipinski definition) is 1. The fourth-order valence-corrected chi connectivity index (χ4v) is 4.72. The maximum absolute atomic E-state index is 13.5. The highest BCUT2D eigenvalue weighted by Gasteiger charge is 2.15. The molecule has 0 aliphatic rings. The van der Waals surface area contributed by atoms with Crippen molar-refractivity contribution in [2.75, 3.05) is 0 Å².